The Morgan fingerprint density at radius 2 is 2.07 bits per heavy atom. The summed E-state index contributed by atoms with van der Waals surface area (Å²) in [4.78, 5) is 0. The summed E-state index contributed by atoms with van der Waals surface area (Å²) < 4.78 is 1.16. The standard InChI is InChI=1S/C13H14Br/c1-9-4-3-5-11-6-7-12(14)8-13(11)10(9)2/h6-8H,1,3-5H2,2H3. The number of halogens is 1. The predicted molar refractivity (Wildman–Crippen MR) is 65.0 cm³/mol. The van der Waals surface area contributed by atoms with E-state index in [1.807, 2.05) is 0 Å². The lowest BCUT2D eigenvalue weighted by Crippen LogP contribution is -1.89. The molecular weight excluding hydrogens is 236 g/mol. The van der Waals surface area contributed by atoms with Crippen LogP contribution < -0.4 is 0 Å². The molecule has 1 aliphatic rings. The van der Waals surface area contributed by atoms with E-state index < -0.39 is 0 Å². The summed E-state index contributed by atoms with van der Waals surface area (Å²) in [5, 5.41) is 0. The summed E-state index contributed by atoms with van der Waals surface area (Å²) in [5.74, 6) is 0. The monoisotopic (exact) mass is 249 g/mol. The van der Waals surface area contributed by atoms with Crippen molar-refractivity contribution in [3.63, 3.8) is 0 Å². The first kappa shape index (κ1) is 9.97. The highest BCUT2D eigenvalue weighted by Gasteiger charge is 2.11. The fourth-order valence-corrected chi connectivity index (χ4v) is 2.35. The molecule has 0 N–H and O–H groups in total. The quantitative estimate of drug-likeness (QED) is 0.640. The second-order valence-electron chi connectivity index (χ2n) is 3.88. The summed E-state index contributed by atoms with van der Waals surface area (Å²) in [6.45, 7) is 6.31. The summed E-state index contributed by atoms with van der Waals surface area (Å²) in [6.07, 6.45) is 3.54. The van der Waals surface area contributed by atoms with Gasteiger partial charge >= 0.3 is 0 Å². The fraction of sp³-hybridized carbons (Fsp3) is 0.308. The third kappa shape index (κ3) is 1.78. The Balaban J connectivity index is 2.59. The van der Waals surface area contributed by atoms with Gasteiger partial charge in [-0.05, 0) is 61.9 Å². The van der Waals surface area contributed by atoms with Gasteiger partial charge in [0, 0.05) is 4.47 Å². The van der Waals surface area contributed by atoms with Crippen molar-refractivity contribution in [2.45, 2.75) is 26.2 Å². The Labute approximate surface area is 94.2 Å². The zero-order chi connectivity index (χ0) is 10.1. The first-order valence-electron chi connectivity index (χ1n) is 4.99. The minimum Gasteiger partial charge on any atom is -0.0664 e. The van der Waals surface area contributed by atoms with E-state index in [0.29, 0.717) is 0 Å². The molecule has 0 bridgehead atoms. The number of hydrogen-bond acceptors (Lipinski definition) is 0. The second-order valence-corrected chi connectivity index (χ2v) is 4.80. The van der Waals surface area contributed by atoms with E-state index in [-0.39, 0.29) is 0 Å². The number of hydrogen-bond donors (Lipinski definition) is 0. The van der Waals surface area contributed by atoms with Crippen LogP contribution in [0.25, 0.3) is 5.57 Å². The van der Waals surface area contributed by atoms with Crippen molar-refractivity contribution in [3.05, 3.63) is 46.3 Å². The molecule has 0 unspecified atom stereocenters. The predicted octanol–water partition coefficient (Wildman–Crippen LogP) is 4.39. The van der Waals surface area contributed by atoms with E-state index in [2.05, 4.69) is 48.0 Å². The maximum atomic E-state index is 4.13. The minimum absolute atomic E-state index is 1.14. The molecule has 0 atom stereocenters. The van der Waals surface area contributed by atoms with Gasteiger partial charge in [0.15, 0.2) is 0 Å². The molecule has 0 heterocycles. The van der Waals surface area contributed by atoms with Crippen LogP contribution in [0.2, 0.25) is 0 Å². The third-order valence-electron chi connectivity index (χ3n) is 2.93. The van der Waals surface area contributed by atoms with E-state index in [0.717, 1.165) is 10.9 Å². The first-order chi connectivity index (χ1) is 6.68. The van der Waals surface area contributed by atoms with Crippen LogP contribution in [-0.2, 0) is 6.42 Å². The highest BCUT2D eigenvalue weighted by Crippen LogP contribution is 2.31. The van der Waals surface area contributed by atoms with Gasteiger partial charge in [0.2, 0.25) is 0 Å². The smallest absolute Gasteiger partial charge is 0.0181 e. The largest absolute Gasteiger partial charge is 0.0664 e. The maximum Gasteiger partial charge on any atom is 0.0181 e. The third-order valence-corrected chi connectivity index (χ3v) is 3.42. The van der Waals surface area contributed by atoms with Crippen molar-refractivity contribution in [1.29, 1.82) is 0 Å². The molecule has 1 aromatic rings. The summed E-state index contributed by atoms with van der Waals surface area (Å²) in [5.41, 5.74) is 5.49. The summed E-state index contributed by atoms with van der Waals surface area (Å²) >= 11 is 3.52. The van der Waals surface area contributed by atoms with E-state index in [4.69, 9.17) is 0 Å². The SMILES string of the molecule is [CH2]C1=C(C)c2cc(Br)ccc2CCC1. The van der Waals surface area contributed by atoms with Crippen LogP contribution in [-0.4, -0.2) is 0 Å². The normalized spacial score (nSPS) is 16.5. The van der Waals surface area contributed by atoms with Crippen LogP contribution in [0.3, 0.4) is 0 Å². The molecule has 0 aliphatic heterocycles. The average Bonchev–Trinajstić information content (AvgIpc) is 2.30. The van der Waals surface area contributed by atoms with Gasteiger partial charge < -0.3 is 0 Å². The van der Waals surface area contributed by atoms with Gasteiger partial charge in [-0.15, -0.1) is 0 Å². The van der Waals surface area contributed by atoms with Gasteiger partial charge in [-0.25, -0.2) is 0 Å². The van der Waals surface area contributed by atoms with Crippen LogP contribution >= 0.6 is 15.9 Å². The van der Waals surface area contributed by atoms with Crippen molar-refractivity contribution in [3.8, 4) is 0 Å². The number of rotatable bonds is 0. The molecule has 2 rings (SSSR count). The van der Waals surface area contributed by atoms with E-state index in [9.17, 15) is 0 Å². The first-order valence-corrected chi connectivity index (χ1v) is 5.78. The molecule has 73 valence electrons. The summed E-state index contributed by atoms with van der Waals surface area (Å²) in [7, 11) is 0. The molecule has 0 saturated heterocycles. The van der Waals surface area contributed by atoms with Gasteiger partial charge in [0.05, 0.1) is 0 Å². The van der Waals surface area contributed by atoms with Crippen LogP contribution in [0.5, 0.6) is 0 Å². The van der Waals surface area contributed by atoms with Crippen molar-refractivity contribution in [2.75, 3.05) is 0 Å². The molecule has 0 nitrogen and oxygen atoms in total. The zero-order valence-electron chi connectivity index (χ0n) is 8.44. The molecule has 1 heteroatoms. The van der Waals surface area contributed by atoms with Crippen LogP contribution in [0, 0.1) is 6.92 Å². The molecule has 14 heavy (non-hydrogen) atoms. The topological polar surface area (TPSA) is 0 Å². The van der Waals surface area contributed by atoms with Gasteiger partial charge in [-0.3, -0.25) is 0 Å². The van der Waals surface area contributed by atoms with E-state index >= 15 is 0 Å². The highest BCUT2D eigenvalue weighted by atomic mass is 79.9. The fourth-order valence-electron chi connectivity index (χ4n) is 1.99. The lowest BCUT2D eigenvalue weighted by molar-refractivity contribution is 0.833. The average molecular weight is 250 g/mol. The molecule has 0 spiro atoms. The van der Waals surface area contributed by atoms with Gasteiger partial charge in [0.25, 0.3) is 0 Å². The lowest BCUT2D eigenvalue weighted by atomic mass is 9.99. The maximum absolute atomic E-state index is 4.13. The Kier molecular flexibility index (Phi) is 2.78. The molecular formula is C13H14Br. The van der Waals surface area contributed by atoms with Crippen molar-refractivity contribution in [1.82, 2.24) is 0 Å². The second kappa shape index (κ2) is 3.90. The Morgan fingerprint density at radius 3 is 2.86 bits per heavy atom. The number of fused-ring (bicyclic) bond motifs is 1. The lowest BCUT2D eigenvalue weighted by Gasteiger charge is -2.08. The molecule has 1 radical (unpaired) electrons. The summed E-state index contributed by atoms with van der Waals surface area (Å²) in [6, 6.07) is 6.56. The van der Waals surface area contributed by atoms with Crippen molar-refractivity contribution < 1.29 is 0 Å². The number of allylic oxidation sites excluding steroid dienone is 2. The van der Waals surface area contributed by atoms with Crippen LogP contribution in [0.1, 0.15) is 30.9 Å². The van der Waals surface area contributed by atoms with Crippen LogP contribution in [0.4, 0.5) is 0 Å². The Hall–Kier alpha value is -0.560. The molecule has 0 fully saturated rings. The van der Waals surface area contributed by atoms with Crippen molar-refractivity contribution in [2.24, 2.45) is 0 Å². The number of aryl methyl sites for hydroxylation is 1. The van der Waals surface area contributed by atoms with E-state index in [1.165, 1.54) is 35.1 Å². The van der Waals surface area contributed by atoms with Crippen LogP contribution in [0.15, 0.2) is 28.2 Å². The highest BCUT2D eigenvalue weighted by molar-refractivity contribution is 9.10. The Bertz CT molecular complexity index is 388. The van der Waals surface area contributed by atoms with Crippen molar-refractivity contribution >= 4 is 21.5 Å². The van der Waals surface area contributed by atoms with Gasteiger partial charge in [0.1, 0.15) is 0 Å². The molecule has 1 aliphatic carbocycles. The molecule has 1 aromatic carbocycles. The van der Waals surface area contributed by atoms with E-state index in [1.54, 1.807) is 0 Å². The molecule has 0 aromatic heterocycles. The number of benzene rings is 1. The zero-order valence-corrected chi connectivity index (χ0v) is 10.0. The molecule has 0 amide bonds. The minimum atomic E-state index is 1.14. The van der Waals surface area contributed by atoms with Gasteiger partial charge in [-0.1, -0.05) is 27.6 Å². The molecule has 0 saturated carbocycles. The van der Waals surface area contributed by atoms with Gasteiger partial charge in [-0.2, -0.15) is 0 Å². The Morgan fingerprint density at radius 1 is 1.29 bits per heavy atom.